The molecule has 148 valence electrons. The van der Waals surface area contributed by atoms with E-state index in [2.05, 4.69) is 5.32 Å². The van der Waals surface area contributed by atoms with Crippen LogP contribution in [0.4, 0.5) is 0 Å². The number of amides is 1. The Morgan fingerprint density at radius 3 is 2.31 bits per heavy atom. The Morgan fingerprint density at radius 1 is 0.931 bits per heavy atom. The van der Waals surface area contributed by atoms with Gasteiger partial charge in [-0.05, 0) is 48.2 Å². The Labute approximate surface area is 175 Å². The molecule has 3 aromatic rings. The van der Waals surface area contributed by atoms with Crippen LogP contribution in [0.5, 0.6) is 0 Å². The molecule has 1 N–H and O–H groups in total. The second kappa shape index (κ2) is 9.89. The Kier molecular flexibility index (Phi) is 7.04. The average Bonchev–Trinajstić information content (AvgIpc) is 2.73. The van der Waals surface area contributed by atoms with E-state index in [1.807, 2.05) is 61.5 Å². The van der Waals surface area contributed by atoms with Crippen molar-refractivity contribution in [1.29, 1.82) is 0 Å². The molecule has 0 saturated carbocycles. The van der Waals surface area contributed by atoms with E-state index in [0.717, 1.165) is 16.7 Å². The zero-order valence-electron chi connectivity index (χ0n) is 16.1. The number of ether oxygens (including phenoxy) is 1. The Morgan fingerprint density at radius 2 is 1.59 bits per heavy atom. The van der Waals surface area contributed by atoms with Crippen molar-refractivity contribution < 1.29 is 14.3 Å². The SMILES string of the molecule is C[C@H](NC(=O)COC(=O)c1ccccc1Cc1ccccc1)c1ccc(Cl)cc1. The molecule has 0 unspecified atom stereocenters. The molecule has 3 aromatic carbocycles. The van der Waals surface area contributed by atoms with Gasteiger partial charge in [-0.25, -0.2) is 4.79 Å². The van der Waals surface area contributed by atoms with Gasteiger partial charge >= 0.3 is 5.97 Å². The molecule has 0 heterocycles. The van der Waals surface area contributed by atoms with E-state index in [1.54, 1.807) is 24.3 Å². The number of benzene rings is 3. The fourth-order valence-electron chi connectivity index (χ4n) is 3.02. The lowest BCUT2D eigenvalue weighted by atomic mass is 10.00. The van der Waals surface area contributed by atoms with E-state index in [9.17, 15) is 9.59 Å². The van der Waals surface area contributed by atoms with Gasteiger partial charge in [0.05, 0.1) is 11.6 Å². The number of carbonyl (C=O) groups excluding carboxylic acids is 2. The van der Waals surface area contributed by atoms with E-state index in [0.29, 0.717) is 17.0 Å². The zero-order chi connectivity index (χ0) is 20.6. The molecule has 0 aliphatic heterocycles. The van der Waals surface area contributed by atoms with Gasteiger partial charge in [-0.3, -0.25) is 4.79 Å². The number of rotatable bonds is 7. The lowest BCUT2D eigenvalue weighted by Crippen LogP contribution is -2.31. The normalized spacial score (nSPS) is 11.5. The molecule has 1 amide bonds. The first-order chi connectivity index (χ1) is 14.0. The average molecular weight is 408 g/mol. The highest BCUT2D eigenvalue weighted by Gasteiger charge is 2.16. The third-order valence-corrected chi connectivity index (χ3v) is 4.81. The lowest BCUT2D eigenvalue weighted by Gasteiger charge is -2.15. The minimum Gasteiger partial charge on any atom is -0.452 e. The Hall–Kier alpha value is -3.11. The molecule has 1 atom stereocenters. The van der Waals surface area contributed by atoms with Crippen LogP contribution in [0.15, 0.2) is 78.9 Å². The summed E-state index contributed by atoms with van der Waals surface area (Å²) in [5, 5.41) is 3.45. The van der Waals surface area contributed by atoms with Gasteiger partial charge in [-0.1, -0.05) is 72.3 Å². The van der Waals surface area contributed by atoms with Crippen LogP contribution in [0.1, 0.15) is 40.0 Å². The molecule has 0 spiro atoms. The summed E-state index contributed by atoms with van der Waals surface area (Å²) in [5.41, 5.74) is 3.35. The maximum Gasteiger partial charge on any atom is 0.338 e. The van der Waals surface area contributed by atoms with Crippen molar-refractivity contribution in [3.8, 4) is 0 Å². The predicted octanol–water partition coefficient (Wildman–Crippen LogP) is 4.97. The number of halogens is 1. The van der Waals surface area contributed by atoms with E-state index < -0.39 is 5.97 Å². The van der Waals surface area contributed by atoms with Crippen LogP contribution in [0.2, 0.25) is 5.02 Å². The van der Waals surface area contributed by atoms with Gasteiger partial charge in [0.25, 0.3) is 5.91 Å². The van der Waals surface area contributed by atoms with Crippen LogP contribution in [-0.2, 0) is 16.0 Å². The lowest BCUT2D eigenvalue weighted by molar-refractivity contribution is -0.124. The molecule has 4 nitrogen and oxygen atoms in total. The Balaban J connectivity index is 1.58. The van der Waals surface area contributed by atoms with E-state index >= 15 is 0 Å². The minimum atomic E-state index is -0.508. The standard InChI is InChI=1S/C24H22ClNO3/c1-17(19-11-13-21(25)14-12-19)26-23(27)16-29-24(28)22-10-6-5-9-20(22)15-18-7-3-2-4-8-18/h2-14,17H,15-16H2,1H3,(H,26,27)/t17-/m0/s1. The molecule has 0 aliphatic rings. The summed E-state index contributed by atoms with van der Waals surface area (Å²) in [4.78, 5) is 24.7. The molecular formula is C24H22ClNO3. The monoisotopic (exact) mass is 407 g/mol. The van der Waals surface area contributed by atoms with Crippen LogP contribution < -0.4 is 5.32 Å². The maximum atomic E-state index is 12.5. The maximum absolute atomic E-state index is 12.5. The quantitative estimate of drug-likeness (QED) is 0.563. The first-order valence-corrected chi connectivity index (χ1v) is 9.74. The number of hydrogen-bond acceptors (Lipinski definition) is 3. The van der Waals surface area contributed by atoms with E-state index in [4.69, 9.17) is 16.3 Å². The highest BCUT2D eigenvalue weighted by molar-refractivity contribution is 6.30. The van der Waals surface area contributed by atoms with E-state index in [-0.39, 0.29) is 18.6 Å². The summed E-state index contributed by atoms with van der Waals surface area (Å²) in [5.74, 6) is -0.868. The number of esters is 1. The van der Waals surface area contributed by atoms with Crippen LogP contribution in [0.25, 0.3) is 0 Å². The zero-order valence-corrected chi connectivity index (χ0v) is 16.9. The summed E-state index contributed by atoms with van der Waals surface area (Å²) in [6, 6.07) is 24.2. The predicted molar refractivity (Wildman–Crippen MR) is 114 cm³/mol. The molecule has 0 saturated heterocycles. The topological polar surface area (TPSA) is 55.4 Å². The summed E-state index contributed by atoms with van der Waals surface area (Å²) in [6.07, 6.45) is 0.617. The molecule has 0 aliphatic carbocycles. The smallest absolute Gasteiger partial charge is 0.338 e. The number of nitrogens with one attached hydrogen (secondary N) is 1. The van der Waals surface area contributed by atoms with Crippen LogP contribution in [-0.4, -0.2) is 18.5 Å². The number of hydrogen-bond donors (Lipinski definition) is 1. The van der Waals surface area contributed by atoms with Gasteiger partial charge < -0.3 is 10.1 Å². The first-order valence-electron chi connectivity index (χ1n) is 9.36. The van der Waals surface area contributed by atoms with Gasteiger partial charge in [-0.15, -0.1) is 0 Å². The number of carbonyl (C=O) groups is 2. The van der Waals surface area contributed by atoms with Crippen LogP contribution in [0.3, 0.4) is 0 Å². The summed E-state index contributed by atoms with van der Waals surface area (Å²) in [6.45, 7) is 1.52. The molecule has 0 aromatic heterocycles. The van der Waals surface area contributed by atoms with Gasteiger partial charge in [0.1, 0.15) is 0 Å². The molecular weight excluding hydrogens is 386 g/mol. The van der Waals surface area contributed by atoms with Gasteiger partial charge in [0, 0.05) is 5.02 Å². The van der Waals surface area contributed by atoms with Crippen LogP contribution >= 0.6 is 11.6 Å². The highest BCUT2D eigenvalue weighted by Crippen LogP contribution is 2.17. The van der Waals surface area contributed by atoms with Gasteiger partial charge in [0.15, 0.2) is 6.61 Å². The van der Waals surface area contributed by atoms with Gasteiger partial charge in [0.2, 0.25) is 0 Å². The fourth-order valence-corrected chi connectivity index (χ4v) is 3.14. The van der Waals surface area contributed by atoms with Crippen molar-refractivity contribution in [2.75, 3.05) is 6.61 Å². The summed E-state index contributed by atoms with van der Waals surface area (Å²) >= 11 is 5.88. The molecule has 0 radical (unpaired) electrons. The highest BCUT2D eigenvalue weighted by atomic mass is 35.5. The third-order valence-electron chi connectivity index (χ3n) is 4.56. The van der Waals surface area contributed by atoms with Crippen molar-refractivity contribution in [3.63, 3.8) is 0 Å². The van der Waals surface area contributed by atoms with Crippen molar-refractivity contribution in [3.05, 3.63) is 106 Å². The van der Waals surface area contributed by atoms with Crippen molar-refractivity contribution in [2.24, 2.45) is 0 Å². The summed E-state index contributed by atoms with van der Waals surface area (Å²) < 4.78 is 5.25. The molecule has 5 heteroatoms. The first kappa shape index (κ1) is 20.6. The molecule has 0 bridgehead atoms. The van der Waals surface area contributed by atoms with Crippen molar-refractivity contribution in [2.45, 2.75) is 19.4 Å². The fraction of sp³-hybridized carbons (Fsp3) is 0.167. The molecule has 3 rings (SSSR count). The second-order valence-electron chi connectivity index (χ2n) is 6.74. The third kappa shape index (κ3) is 5.93. The largest absolute Gasteiger partial charge is 0.452 e. The van der Waals surface area contributed by atoms with Crippen molar-refractivity contribution >= 4 is 23.5 Å². The van der Waals surface area contributed by atoms with Crippen LogP contribution in [0, 0.1) is 0 Å². The molecule has 0 fully saturated rings. The Bertz CT molecular complexity index is 971. The minimum absolute atomic E-state index is 0.219. The van der Waals surface area contributed by atoms with E-state index in [1.165, 1.54) is 0 Å². The van der Waals surface area contributed by atoms with Crippen molar-refractivity contribution in [1.82, 2.24) is 5.32 Å². The summed E-state index contributed by atoms with van der Waals surface area (Å²) in [7, 11) is 0. The molecule has 29 heavy (non-hydrogen) atoms. The second-order valence-corrected chi connectivity index (χ2v) is 7.17. The van der Waals surface area contributed by atoms with Gasteiger partial charge in [-0.2, -0.15) is 0 Å².